The Morgan fingerprint density at radius 2 is 1.11 bits per heavy atom. The molecule has 0 radical (unpaired) electrons. The first-order valence-electron chi connectivity index (χ1n) is 9.37. The highest BCUT2D eigenvalue weighted by molar-refractivity contribution is 8.29. The van der Waals surface area contributed by atoms with Crippen LogP contribution in [0.2, 0.25) is 0 Å². The molecule has 3 aromatic rings. The molecule has 0 saturated heterocycles. The highest BCUT2D eigenvalue weighted by Gasteiger charge is 2.31. The Labute approximate surface area is 163 Å². The Morgan fingerprint density at radius 1 is 0.704 bits per heavy atom. The molecule has 0 N–H and O–H groups in total. The Bertz CT molecular complexity index is 809. The van der Waals surface area contributed by atoms with Gasteiger partial charge in [-0.1, -0.05) is 47.5 Å². The van der Waals surface area contributed by atoms with Gasteiger partial charge in [0.05, 0.1) is 6.61 Å². The van der Waals surface area contributed by atoms with Crippen LogP contribution >= 0.6 is 10.4 Å². The number of ether oxygens (including phenoxy) is 1. The molecule has 0 fully saturated rings. The van der Waals surface area contributed by atoms with Gasteiger partial charge >= 0.3 is 0 Å². The number of hydrogen-bond acceptors (Lipinski definition) is 1. The fourth-order valence-electron chi connectivity index (χ4n) is 3.04. The molecule has 0 unspecified atom stereocenters. The second-order valence-electron chi connectivity index (χ2n) is 6.75. The molecule has 0 aromatic heterocycles. The van der Waals surface area contributed by atoms with Gasteiger partial charge in [-0.05, 0) is 79.6 Å². The van der Waals surface area contributed by atoms with Gasteiger partial charge in [-0.3, -0.25) is 0 Å². The molecule has 0 atom stereocenters. The molecule has 3 rings (SSSR count). The number of halogens is 1. The summed E-state index contributed by atoms with van der Waals surface area (Å²) in [6.07, 6.45) is 0.845. The van der Waals surface area contributed by atoms with Gasteiger partial charge in [-0.15, -0.1) is 0 Å². The van der Waals surface area contributed by atoms with Crippen LogP contribution in [0.15, 0.2) is 87.5 Å². The van der Waals surface area contributed by atoms with E-state index >= 15 is 3.89 Å². The van der Waals surface area contributed by atoms with E-state index in [4.69, 9.17) is 4.74 Å². The summed E-state index contributed by atoms with van der Waals surface area (Å²) >= 11 is 0. The van der Waals surface area contributed by atoms with E-state index in [-0.39, 0.29) is 0 Å². The van der Waals surface area contributed by atoms with Crippen LogP contribution in [0.25, 0.3) is 0 Å². The van der Waals surface area contributed by atoms with E-state index in [2.05, 4.69) is 0 Å². The minimum absolute atomic E-state index is 0.694. The van der Waals surface area contributed by atoms with Crippen LogP contribution in [0.1, 0.15) is 23.6 Å². The highest BCUT2D eigenvalue weighted by atomic mass is 32.3. The van der Waals surface area contributed by atoms with Gasteiger partial charge in [-0.25, -0.2) is 0 Å². The van der Waals surface area contributed by atoms with Gasteiger partial charge in [0, 0.05) is 21.3 Å². The smallest absolute Gasteiger partial charge is 0.0506 e. The first-order valence-corrected chi connectivity index (χ1v) is 10.9. The third-order valence-electron chi connectivity index (χ3n) is 4.68. The Kier molecular flexibility index (Phi) is 6.35. The maximum atomic E-state index is 16.7. The van der Waals surface area contributed by atoms with Crippen molar-refractivity contribution in [2.45, 2.75) is 41.9 Å². The lowest BCUT2D eigenvalue weighted by molar-refractivity contribution is 0.151. The molecule has 0 bridgehead atoms. The van der Waals surface area contributed by atoms with Crippen LogP contribution in [-0.2, 0) is 11.2 Å². The molecule has 27 heavy (non-hydrogen) atoms. The third kappa shape index (κ3) is 4.42. The van der Waals surface area contributed by atoms with Gasteiger partial charge in [0.1, 0.15) is 0 Å². The molecular formula is C24H27FOS. The second kappa shape index (κ2) is 8.73. The van der Waals surface area contributed by atoms with Gasteiger partial charge < -0.3 is 4.74 Å². The van der Waals surface area contributed by atoms with Crippen molar-refractivity contribution in [3.8, 4) is 0 Å². The second-order valence-corrected chi connectivity index (χ2v) is 9.24. The molecule has 3 heteroatoms. The van der Waals surface area contributed by atoms with Gasteiger partial charge in [-0.2, -0.15) is 3.89 Å². The first-order chi connectivity index (χ1) is 13.0. The zero-order valence-corrected chi connectivity index (χ0v) is 17.1. The predicted octanol–water partition coefficient (Wildman–Crippen LogP) is 7.05. The summed E-state index contributed by atoms with van der Waals surface area (Å²) in [5, 5.41) is 0. The van der Waals surface area contributed by atoms with Crippen LogP contribution in [0.5, 0.6) is 0 Å². The standard InChI is InChI=1S/C24H27FOS/c1-4-26-18-17-21-9-15-24(16-10-21)27(25,22-11-5-19(2)6-12-22)23-13-7-20(3)8-14-23/h5-16H,4,17-18H2,1-3H3. The Balaban J connectivity index is 2.02. The van der Waals surface area contributed by atoms with Crippen LogP contribution in [0, 0.1) is 13.8 Å². The molecule has 0 aliphatic rings. The Morgan fingerprint density at radius 3 is 1.52 bits per heavy atom. The summed E-state index contributed by atoms with van der Waals surface area (Å²) < 4.78 is 22.2. The van der Waals surface area contributed by atoms with Crippen LogP contribution in [-0.4, -0.2) is 13.2 Å². The zero-order chi connectivity index (χ0) is 19.3. The molecule has 1 nitrogen and oxygen atoms in total. The largest absolute Gasteiger partial charge is 0.381 e. The summed E-state index contributed by atoms with van der Waals surface area (Å²) in [5.41, 5.74) is 3.44. The summed E-state index contributed by atoms with van der Waals surface area (Å²) in [5.74, 6) is 0. The van der Waals surface area contributed by atoms with Gasteiger partial charge in [0.2, 0.25) is 0 Å². The van der Waals surface area contributed by atoms with E-state index in [1.807, 2.05) is 93.6 Å². The summed E-state index contributed by atoms with van der Waals surface area (Å²) in [6.45, 7) is 7.46. The summed E-state index contributed by atoms with van der Waals surface area (Å²) in [6, 6.07) is 23.6. The summed E-state index contributed by atoms with van der Waals surface area (Å²) in [7, 11) is -2.78. The molecule has 0 aliphatic heterocycles. The maximum Gasteiger partial charge on any atom is 0.0506 e. The van der Waals surface area contributed by atoms with Crippen molar-refractivity contribution in [2.75, 3.05) is 13.2 Å². The number of benzene rings is 3. The van der Waals surface area contributed by atoms with Crippen molar-refractivity contribution in [2.24, 2.45) is 0 Å². The van der Waals surface area contributed by atoms with Crippen molar-refractivity contribution in [1.29, 1.82) is 0 Å². The quantitative estimate of drug-likeness (QED) is 0.398. The molecular weight excluding hydrogens is 355 g/mol. The minimum Gasteiger partial charge on any atom is -0.381 e. The van der Waals surface area contributed by atoms with Crippen LogP contribution in [0.4, 0.5) is 3.89 Å². The average Bonchev–Trinajstić information content (AvgIpc) is 2.69. The third-order valence-corrected chi connectivity index (χ3v) is 7.44. The van der Waals surface area contributed by atoms with Crippen molar-refractivity contribution >= 4 is 10.4 Å². The minimum atomic E-state index is -2.78. The molecule has 0 heterocycles. The number of hydrogen-bond donors (Lipinski definition) is 0. The van der Waals surface area contributed by atoms with E-state index in [0.717, 1.165) is 38.8 Å². The molecule has 0 spiro atoms. The first kappa shape index (κ1) is 19.7. The summed E-state index contributed by atoms with van der Waals surface area (Å²) in [4.78, 5) is 2.20. The number of aryl methyl sites for hydroxylation is 2. The van der Waals surface area contributed by atoms with E-state index < -0.39 is 10.4 Å². The number of rotatable bonds is 7. The van der Waals surface area contributed by atoms with Crippen molar-refractivity contribution in [3.05, 3.63) is 89.5 Å². The maximum absolute atomic E-state index is 16.7. The SMILES string of the molecule is CCOCCc1ccc(S(F)(c2ccc(C)cc2)c2ccc(C)cc2)cc1. The molecule has 0 saturated carbocycles. The lowest BCUT2D eigenvalue weighted by Crippen LogP contribution is -2.00. The fourth-order valence-corrected chi connectivity index (χ4v) is 5.39. The lowest BCUT2D eigenvalue weighted by Gasteiger charge is -2.32. The molecule has 0 amide bonds. The fraction of sp³-hybridized carbons (Fsp3) is 0.250. The van der Waals surface area contributed by atoms with E-state index in [9.17, 15) is 0 Å². The van der Waals surface area contributed by atoms with Crippen molar-refractivity contribution in [3.63, 3.8) is 0 Å². The van der Waals surface area contributed by atoms with Crippen molar-refractivity contribution < 1.29 is 8.62 Å². The van der Waals surface area contributed by atoms with E-state index in [1.54, 1.807) is 0 Å². The van der Waals surface area contributed by atoms with Gasteiger partial charge in [0.25, 0.3) is 0 Å². The zero-order valence-electron chi connectivity index (χ0n) is 16.2. The predicted molar refractivity (Wildman–Crippen MR) is 112 cm³/mol. The molecule has 142 valence electrons. The molecule has 3 aromatic carbocycles. The lowest BCUT2D eigenvalue weighted by atomic mass is 10.2. The molecule has 0 aliphatic carbocycles. The van der Waals surface area contributed by atoms with Crippen LogP contribution < -0.4 is 0 Å². The van der Waals surface area contributed by atoms with Gasteiger partial charge in [0.15, 0.2) is 0 Å². The van der Waals surface area contributed by atoms with Crippen LogP contribution in [0.3, 0.4) is 0 Å². The Hall–Kier alpha value is -2.10. The van der Waals surface area contributed by atoms with E-state index in [0.29, 0.717) is 6.61 Å². The normalized spacial score (nSPS) is 12.1. The van der Waals surface area contributed by atoms with E-state index in [1.165, 1.54) is 5.56 Å². The topological polar surface area (TPSA) is 9.23 Å². The average molecular weight is 383 g/mol. The highest BCUT2D eigenvalue weighted by Crippen LogP contribution is 2.69. The van der Waals surface area contributed by atoms with Crippen molar-refractivity contribution in [1.82, 2.24) is 0 Å². The monoisotopic (exact) mass is 382 g/mol.